The van der Waals surface area contributed by atoms with Gasteiger partial charge in [0.15, 0.2) is 0 Å². The van der Waals surface area contributed by atoms with Crippen LogP contribution in [0.5, 0.6) is 0 Å². The Morgan fingerprint density at radius 1 is 1.55 bits per heavy atom. The summed E-state index contributed by atoms with van der Waals surface area (Å²) in [5.41, 5.74) is 5.16. The first-order valence-corrected chi connectivity index (χ1v) is 3.25. The van der Waals surface area contributed by atoms with E-state index in [0.717, 1.165) is 0 Å². The molecule has 0 aliphatic carbocycles. The van der Waals surface area contributed by atoms with Crippen molar-refractivity contribution in [2.45, 2.75) is 6.92 Å². The van der Waals surface area contributed by atoms with Crippen molar-refractivity contribution in [1.82, 2.24) is 4.90 Å². The SMILES string of the molecule is CC(=O)N(CCN)CC(=O)O. The number of nitrogens with zero attached hydrogens (tertiary/aromatic N) is 1. The van der Waals surface area contributed by atoms with Gasteiger partial charge in [-0.2, -0.15) is 0 Å². The molecule has 64 valence electrons. The van der Waals surface area contributed by atoms with E-state index in [1.54, 1.807) is 0 Å². The van der Waals surface area contributed by atoms with E-state index < -0.39 is 5.97 Å². The molecule has 0 unspecified atom stereocenters. The fourth-order valence-corrected chi connectivity index (χ4v) is 0.667. The first kappa shape index (κ1) is 9.90. The van der Waals surface area contributed by atoms with Gasteiger partial charge in [0.25, 0.3) is 0 Å². The molecule has 0 aromatic carbocycles. The van der Waals surface area contributed by atoms with Gasteiger partial charge < -0.3 is 15.7 Å². The molecule has 3 N–H and O–H groups in total. The Kier molecular flexibility index (Phi) is 4.21. The summed E-state index contributed by atoms with van der Waals surface area (Å²) in [7, 11) is 0. The summed E-state index contributed by atoms with van der Waals surface area (Å²) in [5.74, 6) is -1.29. The summed E-state index contributed by atoms with van der Waals surface area (Å²) < 4.78 is 0. The summed E-state index contributed by atoms with van der Waals surface area (Å²) in [6.45, 7) is 1.62. The summed E-state index contributed by atoms with van der Waals surface area (Å²) in [6.07, 6.45) is 0. The smallest absolute Gasteiger partial charge is 0.323 e. The largest absolute Gasteiger partial charge is 0.480 e. The highest BCUT2D eigenvalue weighted by molar-refractivity contribution is 5.79. The molecule has 0 bridgehead atoms. The van der Waals surface area contributed by atoms with E-state index in [9.17, 15) is 9.59 Å². The fraction of sp³-hybridized carbons (Fsp3) is 0.667. The van der Waals surface area contributed by atoms with Crippen LogP contribution >= 0.6 is 0 Å². The van der Waals surface area contributed by atoms with Gasteiger partial charge in [0.1, 0.15) is 6.54 Å². The Morgan fingerprint density at radius 2 is 2.09 bits per heavy atom. The average Bonchev–Trinajstić information content (AvgIpc) is 1.86. The quantitative estimate of drug-likeness (QED) is 0.545. The van der Waals surface area contributed by atoms with Crippen LogP contribution in [0.25, 0.3) is 0 Å². The van der Waals surface area contributed by atoms with Crippen LogP contribution < -0.4 is 5.73 Å². The van der Waals surface area contributed by atoms with Gasteiger partial charge >= 0.3 is 5.97 Å². The molecule has 0 fully saturated rings. The molecule has 0 heterocycles. The maximum atomic E-state index is 10.7. The second kappa shape index (κ2) is 4.68. The predicted octanol–water partition coefficient (Wildman–Crippen LogP) is -1.12. The van der Waals surface area contributed by atoms with Crippen LogP contribution in [0.2, 0.25) is 0 Å². The Balaban J connectivity index is 3.89. The van der Waals surface area contributed by atoms with Gasteiger partial charge in [-0.15, -0.1) is 0 Å². The van der Waals surface area contributed by atoms with Crippen LogP contribution in [-0.4, -0.2) is 41.5 Å². The van der Waals surface area contributed by atoms with Gasteiger partial charge in [-0.05, 0) is 0 Å². The second-order valence-corrected chi connectivity index (χ2v) is 2.12. The van der Waals surface area contributed by atoms with Crippen molar-refractivity contribution in [2.75, 3.05) is 19.6 Å². The van der Waals surface area contributed by atoms with Crippen LogP contribution in [0.3, 0.4) is 0 Å². The maximum absolute atomic E-state index is 10.7. The minimum Gasteiger partial charge on any atom is -0.480 e. The summed E-state index contributed by atoms with van der Waals surface area (Å²) in [6, 6.07) is 0. The number of carboxylic acids is 1. The molecule has 0 aromatic heterocycles. The lowest BCUT2D eigenvalue weighted by Crippen LogP contribution is -2.37. The number of amides is 1. The monoisotopic (exact) mass is 160 g/mol. The Labute approximate surface area is 64.8 Å². The Morgan fingerprint density at radius 3 is 2.36 bits per heavy atom. The minimum atomic E-state index is -1.02. The number of carbonyl (C=O) groups excluding carboxylic acids is 1. The Hall–Kier alpha value is -1.10. The van der Waals surface area contributed by atoms with Gasteiger partial charge in [-0.25, -0.2) is 0 Å². The molecule has 0 radical (unpaired) electrons. The molecule has 5 nitrogen and oxygen atoms in total. The van der Waals surface area contributed by atoms with E-state index in [1.807, 2.05) is 0 Å². The standard InChI is InChI=1S/C6H12N2O3/c1-5(9)8(3-2-7)4-6(10)11/h2-4,7H2,1H3,(H,10,11). The molecule has 11 heavy (non-hydrogen) atoms. The van der Waals surface area contributed by atoms with Crippen molar-refractivity contribution in [1.29, 1.82) is 0 Å². The third-order valence-electron chi connectivity index (χ3n) is 1.17. The first-order chi connectivity index (χ1) is 5.07. The number of hydrogen-bond acceptors (Lipinski definition) is 3. The minimum absolute atomic E-state index is 0.266. The summed E-state index contributed by atoms with van der Waals surface area (Å²) in [4.78, 5) is 22.0. The number of carboxylic acid groups (broad SMARTS) is 1. The van der Waals surface area contributed by atoms with Crippen LogP contribution in [0.4, 0.5) is 0 Å². The van der Waals surface area contributed by atoms with Crippen LogP contribution in [0.1, 0.15) is 6.92 Å². The molecular weight excluding hydrogens is 148 g/mol. The van der Waals surface area contributed by atoms with Crippen molar-refractivity contribution < 1.29 is 14.7 Å². The highest BCUT2D eigenvalue weighted by atomic mass is 16.4. The normalized spacial score (nSPS) is 9.27. The first-order valence-electron chi connectivity index (χ1n) is 3.25. The molecule has 0 saturated carbocycles. The maximum Gasteiger partial charge on any atom is 0.323 e. The van der Waals surface area contributed by atoms with Gasteiger partial charge in [-0.1, -0.05) is 0 Å². The zero-order valence-electron chi connectivity index (χ0n) is 6.41. The summed E-state index contributed by atoms with van der Waals surface area (Å²) >= 11 is 0. The third-order valence-corrected chi connectivity index (χ3v) is 1.17. The number of carbonyl (C=O) groups is 2. The van der Waals surface area contributed by atoms with Crippen molar-refractivity contribution in [3.8, 4) is 0 Å². The number of aliphatic carboxylic acids is 1. The lowest BCUT2D eigenvalue weighted by molar-refractivity contribution is -0.143. The highest BCUT2D eigenvalue weighted by Gasteiger charge is 2.10. The fourth-order valence-electron chi connectivity index (χ4n) is 0.667. The van der Waals surface area contributed by atoms with E-state index in [4.69, 9.17) is 10.8 Å². The number of nitrogens with two attached hydrogens (primary N) is 1. The predicted molar refractivity (Wildman–Crippen MR) is 38.9 cm³/mol. The molecule has 0 aromatic rings. The molecule has 0 aliphatic rings. The lowest BCUT2D eigenvalue weighted by atomic mass is 10.4. The van der Waals surface area contributed by atoms with E-state index in [2.05, 4.69) is 0 Å². The number of rotatable bonds is 4. The lowest BCUT2D eigenvalue weighted by Gasteiger charge is -2.16. The van der Waals surface area contributed by atoms with Crippen molar-refractivity contribution >= 4 is 11.9 Å². The average molecular weight is 160 g/mol. The van der Waals surface area contributed by atoms with Gasteiger partial charge in [-0.3, -0.25) is 9.59 Å². The Bertz CT molecular complexity index is 158. The van der Waals surface area contributed by atoms with Crippen molar-refractivity contribution in [3.63, 3.8) is 0 Å². The molecule has 0 atom stereocenters. The molecule has 5 heteroatoms. The van der Waals surface area contributed by atoms with Crippen molar-refractivity contribution in [2.24, 2.45) is 5.73 Å². The third kappa shape index (κ3) is 4.32. The van der Waals surface area contributed by atoms with Gasteiger partial charge in [0.05, 0.1) is 0 Å². The van der Waals surface area contributed by atoms with E-state index in [0.29, 0.717) is 6.54 Å². The topological polar surface area (TPSA) is 83.6 Å². The van der Waals surface area contributed by atoms with E-state index in [-0.39, 0.29) is 19.0 Å². The van der Waals surface area contributed by atoms with Crippen LogP contribution in [0.15, 0.2) is 0 Å². The molecular formula is C6H12N2O3. The summed E-state index contributed by atoms with van der Waals surface area (Å²) in [5, 5.41) is 8.32. The molecule has 1 amide bonds. The molecule has 0 rings (SSSR count). The molecule has 0 saturated heterocycles. The zero-order chi connectivity index (χ0) is 8.85. The van der Waals surface area contributed by atoms with Gasteiger partial charge in [0.2, 0.25) is 5.91 Å². The zero-order valence-corrected chi connectivity index (χ0v) is 6.41. The molecule has 0 spiro atoms. The van der Waals surface area contributed by atoms with Gasteiger partial charge in [0, 0.05) is 20.0 Å². The van der Waals surface area contributed by atoms with Crippen LogP contribution in [-0.2, 0) is 9.59 Å². The van der Waals surface area contributed by atoms with Crippen molar-refractivity contribution in [3.05, 3.63) is 0 Å². The van der Waals surface area contributed by atoms with Crippen LogP contribution in [0, 0.1) is 0 Å². The number of hydrogen-bond donors (Lipinski definition) is 2. The molecule has 0 aliphatic heterocycles. The highest BCUT2D eigenvalue weighted by Crippen LogP contribution is 1.86. The van der Waals surface area contributed by atoms with E-state index in [1.165, 1.54) is 11.8 Å². The second-order valence-electron chi connectivity index (χ2n) is 2.12. The van der Waals surface area contributed by atoms with E-state index >= 15 is 0 Å².